The predicted octanol–water partition coefficient (Wildman–Crippen LogP) is 4.26. The van der Waals surface area contributed by atoms with Gasteiger partial charge in [-0.2, -0.15) is 0 Å². The maximum absolute atomic E-state index is 2.35. The van der Waals surface area contributed by atoms with Crippen LogP contribution in [0.2, 0.25) is 0 Å². The Morgan fingerprint density at radius 3 is 2.47 bits per heavy atom. The van der Waals surface area contributed by atoms with Gasteiger partial charge in [0.05, 0.1) is 0 Å². The average Bonchev–Trinajstić information content (AvgIpc) is 2.66. The Kier molecular flexibility index (Phi) is 5.23. The fraction of sp³-hybridized carbons (Fsp3) is 0.571. The van der Waals surface area contributed by atoms with Gasteiger partial charge in [-0.05, 0) is 51.2 Å². The normalized spacial score (nSPS) is 12.5. The highest BCUT2D eigenvalue weighted by Gasteiger charge is 2.00. The molecule has 1 heteroatoms. The maximum Gasteiger partial charge on any atom is 0.0222 e. The van der Waals surface area contributed by atoms with Gasteiger partial charge in [0.15, 0.2) is 0 Å². The molecule has 0 bridgehead atoms. The second kappa shape index (κ2) is 6.49. The molecule has 1 heterocycles. The molecule has 0 aromatic carbocycles. The van der Waals surface area contributed by atoms with E-state index in [9.17, 15) is 0 Å². The Balaban J connectivity index is 2.14. The second-order valence-electron chi connectivity index (χ2n) is 4.67. The van der Waals surface area contributed by atoms with E-state index in [1.165, 1.54) is 24.8 Å². The average molecular weight is 205 g/mol. The van der Waals surface area contributed by atoms with Crippen molar-refractivity contribution in [2.75, 3.05) is 0 Å². The molecular formula is C14H23N. The lowest BCUT2D eigenvalue weighted by Gasteiger charge is -2.10. The molecule has 0 amide bonds. The van der Waals surface area contributed by atoms with E-state index < -0.39 is 0 Å². The lowest BCUT2D eigenvalue weighted by atomic mass is 10.0. The molecule has 1 nitrogen and oxygen atoms in total. The smallest absolute Gasteiger partial charge is 0.0222 e. The minimum atomic E-state index is 0.822. The van der Waals surface area contributed by atoms with E-state index in [0.29, 0.717) is 0 Å². The van der Waals surface area contributed by atoms with Crippen molar-refractivity contribution in [1.29, 1.82) is 0 Å². The molecule has 1 unspecified atom stereocenters. The molecule has 0 aliphatic rings. The molecule has 0 aliphatic heterocycles. The van der Waals surface area contributed by atoms with Crippen LogP contribution in [0.5, 0.6) is 0 Å². The van der Waals surface area contributed by atoms with Crippen LogP contribution in [0.15, 0.2) is 36.2 Å². The quantitative estimate of drug-likeness (QED) is 0.611. The maximum atomic E-state index is 2.35. The zero-order valence-corrected chi connectivity index (χ0v) is 10.2. The van der Waals surface area contributed by atoms with Gasteiger partial charge in [0.25, 0.3) is 0 Å². The summed E-state index contributed by atoms with van der Waals surface area (Å²) in [6.07, 6.45) is 10.4. The minimum absolute atomic E-state index is 0.822. The van der Waals surface area contributed by atoms with Gasteiger partial charge in [0.1, 0.15) is 0 Å². The van der Waals surface area contributed by atoms with Crippen molar-refractivity contribution >= 4 is 0 Å². The summed E-state index contributed by atoms with van der Waals surface area (Å²) < 4.78 is 2.26. The molecule has 1 rings (SSSR count). The van der Waals surface area contributed by atoms with E-state index in [4.69, 9.17) is 0 Å². The van der Waals surface area contributed by atoms with Gasteiger partial charge in [-0.15, -0.1) is 0 Å². The van der Waals surface area contributed by atoms with Gasteiger partial charge >= 0.3 is 0 Å². The summed E-state index contributed by atoms with van der Waals surface area (Å²) in [6.45, 7) is 7.85. The first-order chi connectivity index (χ1) is 7.18. The van der Waals surface area contributed by atoms with Gasteiger partial charge < -0.3 is 4.57 Å². The van der Waals surface area contributed by atoms with Gasteiger partial charge in [-0.3, -0.25) is 0 Å². The van der Waals surface area contributed by atoms with E-state index in [0.717, 1.165) is 12.5 Å². The van der Waals surface area contributed by atoms with E-state index >= 15 is 0 Å². The number of nitrogens with zero attached hydrogens (tertiary/aromatic N) is 1. The number of hydrogen-bond donors (Lipinski definition) is 0. The molecule has 0 N–H and O–H groups in total. The van der Waals surface area contributed by atoms with E-state index in [1.54, 1.807) is 0 Å². The van der Waals surface area contributed by atoms with Crippen LogP contribution < -0.4 is 0 Å². The molecule has 0 radical (unpaired) electrons. The van der Waals surface area contributed by atoms with Crippen molar-refractivity contribution in [3.63, 3.8) is 0 Å². The summed E-state index contributed by atoms with van der Waals surface area (Å²) in [6, 6.07) is 4.18. The molecule has 1 aromatic heterocycles. The van der Waals surface area contributed by atoms with Crippen LogP contribution >= 0.6 is 0 Å². The first kappa shape index (κ1) is 12.1. The van der Waals surface area contributed by atoms with E-state index in [2.05, 4.69) is 55.9 Å². The molecule has 0 aliphatic carbocycles. The number of allylic oxidation sites excluding steroid dienone is 2. The minimum Gasteiger partial charge on any atom is -0.354 e. The summed E-state index contributed by atoms with van der Waals surface area (Å²) in [4.78, 5) is 0. The number of hydrogen-bond acceptors (Lipinski definition) is 0. The van der Waals surface area contributed by atoms with Gasteiger partial charge in [-0.1, -0.05) is 18.6 Å². The molecule has 1 aromatic rings. The number of aromatic nitrogens is 1. The Bertz CT molecular complexity index is 278. The zero-order valence-electron chi connectivity index (χ0n) is 10.2. The SMILES string of the molecule is CC(C)=CCCC(C)CCn1cccc1. The van der Waals surface area contributed by atoms with E-state index in [-0.39, 0.29) is 0 Å². The van der Waals surface area contributed by atoms with E-state index in [1.807, 2.05) is 0 Å². The predicted molar refractivity (Wildman–Crippen MR) is 66.9 cm³/mol. The standard InChI is InChI=1S/C14H23N/c1-13(2)7-6-8-14(3)9-12-15-10-4-5-11-15/h4-5,7,10-11,14H,6,8-9,12H2,1-3H3. The highest BCUT2D eigenvalue weighted by Crippen LogP contribution is 2.12. The molecule has 84 valence electrons. The molecule has 0 saturated carbocycles. The van der Waals surface area contributed by atoms with Crippen molar-refractivity contribution in [2.45, 2.75) is 46.6 Å². The van der Waals surface area contributed by atoms with Crippen molar-refractivity contribution in [1.82, 2.24) is 4.57 Å². The molecular weight excluding hydrogens is 182 g/mol. The van der Waals surface area contributed by atoms with Crippen LogP contribution in [0.3, 0.4) is 0 Å². The van der Waals surface area contributed by atoms with Gasteiger partial charge in [-0.25, -0.2) is 0 Å². The Morgan fingerprint density at radius 2 is 1.87 bits per heavy atom. The first-order valence-corrected chi connectivity index (χ1v) is 5.92. The second-order valence-corrected chi connectivity index (χ2v) is 4.67. The fourth-order valence-electron chi connectivity index (χ4n) is 1.69. The third-order valence-corrected chi connectivity index (χ3v) is 2.76. The van der Waals surface area contributed by atoms with Gasteiger partial charge in [0, 0.05) is 18.9 Å². The summed E-state index contributed by atoms with van der Waals surface area (Å²) in [7, 11) is 0. The van der Waals surface area contributed by atoms with Crippen LogP contribution in [0, 0.1) is 5.92 Å². The van der Waals surface area contributed by atoms with Gasteiger partial charge in [0.2, 0.25) is 0 Å². The summed E-state index contributed by atoms with van der Waals surface area (Å²) in [5.41, 5.74) is 1.44. The summed E-state index contributed by atoms with van der Waals surface area (Å²) >= 11 is 0. The third-order valence-electron chi connectivity index (χ3n) is 2.76. The first-order valence-electron chi connectivity index (χ1n) is 5.92. The Morgan fingerprint density at radius 1 is 1.20 bits per heavy atom. The monoisotopic (exact) mass is 205 g/mol. The molecule has 0 spiro atoms. The Hall–Kier alpha value is -0.980. The van der Waals surface area contributed by atoms with Crippen molar-refractivity contribution in [2.24, 2.45) is 5.92 Å². The van der Waals surface area contributed by atoms with Crippen LogP contribution in [-0.4, -0.2) is 4.57 Å². The number of rotatable bonds is 6. The van der Waals surface area contributed by atoms with Crippen LogP contribution in [0.25, 0.3) is 0 Å². The highest BCUT2D eigenvalue weighted by atomic mass is 14.9. The largest absolute Gasteiger partial charge is 0.354 e. The van der Waals surface area contributed by atoms with Crippen molar-refractivity contribution in [3.05, 3.63) is 36.2 Å². The lowest BCUT2D eigenvalue weighted by Crippen LogP contribution is -2.01. The van der Waals surface area contributed by atoms with Crippen molar-refractivity contribution < 1.29 is 0 Å². The van der Waals surface area contributed by atoms with Crippen molar-refractivity contribution in [3.8, 4) is 0 Å². The fourth-order valence-corrected chi connectivity index (χ4v) is 1.69. The summed E-state index contributed by atoms with van der Waals surface area (Å²) in [5, 5.41) is 0. The number of aryl methyl sites for hydroxylation is 1. The topological polar surface area (TPSA) is 4.93 Å². The lowest BCUT2D eigenvalue weighted by molar-refractivity contribution is 0.455. The van der Waals surface area contributed by atoms with Crippen LogP contribution in [0.1, 0.15) is 40.0 Å². The molecule has 0 saturated heterocycles. The van der Waals surface area contributed by atoms with Crippen LogP contribution in [0.4, 0.5) is 0 Å². The molecule has 1 atom stereocenters. The zero-order chi connectivity index (χ0) is 11.1. The molecule has 15 heavy (non-hydrogen) atoms. The third kappa shape index (κ3) is 5.46. The molecule has 0 fully saturated rings. The van der Waals surface area contributed by atoms with Crippen LogP contribution in [-0.2, 0) is 6.54 Å². The summed E-state index contributed by atoms with van der Waals surface area (Å²) in [5.74, 6) is 0.822. The Labute approximate surface area is 93.8 Å². The highest BCUT2D eigenvalue weighted by molar-refractivity contribution is 4.93.